The smallest absolute Gasteiger partial charge is 0.340 e. The number of H-pyrrole nitrogens is 1. The summed E-state index contributed by atoms with van der Waals surface area (Å²) in [6.45, 7) is 1.88. The second-order valence-corrected chi connectivity index (χ2v) is 6.76. The minimum absolute atomic E-state index is 0.0879. The van der Waals surface area contributed by atoms with Crippen LogP contribution in [0, 0.1) is 0 Å². The fourth-order valence-corrected chi connectivity index (χ4v) is 3.21. The number of urea groups is 1. The molecule has 0 unspecified atom stereocenters. The Morgan fingerprint density at radius 2 is 1.58 bits per heavy atom. The largest absolute Gasteiger partial charge is 0.493 e. The van der Waals surface area contributed by atoms with Gasteiger partial charge in [-0.25, -0.2) is 9.59 Å². The van der Waals surface area contributed by atoms with Gasteiger partial charge in [-0.1, -0.05) is 12.1 Å². The van der Waals surface area contributed by atoms with Crippen LogP contribution >= 0.6 is 0 Å². The zero-order chi connectivity index (χ0) is 24.0. The fourth-order valence-electron chi connectivity index (χ4n) is 3.21. The number of ether oxygens (including phenoxy) is 3. The summed E-state index contributed by atoms with van der Waals surface area (Å²) in [5.74, 6) is -0.264. The van der Waals surface area contributed by atoms with E-state index in [4.69, 9.17) is 19.9 Å². The van der Waals surface area contributed by atoms with Crippen LogP contribution in [0.5, 0.6) is 11.5 Å². The third-order valence-electron chi connectivity index (χ3n) is 4.69. The van der Waals surface area contributed by atoms with Crippen LogP contribution in [-0.2, 0) is 4.74 Å². The molecule has 0 aliphatic heterocycles. The van der Waals surface area contributed by atoms with Gasteiger partial charge in [-0.15, -0.1) is 0 Å². The molecule has 3 rings (SSSR count). The number of aromatic amines is 1. The van der Waals surface area contributed by atoms with Crippen molar-refractivity contribution in [3.8, 4) is 22.6 Å². The maximum atomic E-state index is 12.4. The molecule has 1 heterocycles. The first-order valence-corrected chi connectivity index (χ1v) is 9.96. The van der Waals surface area contributed by atoms with Crippen LogP contribution in [0.4, 0.5) is 16.2 Å². The van der Waals surface area contributed by atoms with Crippen molar-refractivity contribution in [2.24, 2.45) is 5.73 Å². The van der Waals surface area contributed by atoms with Crippen LogP contribution in [0.2, 0.25) is 0 Å². The normalized spacial score (nSPS) is 10.3. The van der Waals surface area contributed by atoms with Crippen molar-refractivity contribution in [3.63, 3.8) is 0 Å². The number of nitrogens with two attached hydrogens (primary N) is 1. The van der Waals surface area contributed by atoms with Gasteiger partial charge in [-0.2, -0.15) is 0 Å². The van der Waals surface area contributed by atoms with E-state index in [2.05, 4.69) is 15.6 Å². The molecule has 0 fully saturated rings. The van der Waals surface area contributed by atoms with Crippen LogP contribution in [0.1, 0.15) is 27.8 Å². The number of hydrogen-bond donors (Lipinski definition) is 4. The number of hydrogen-bond acceptors (Lipinski definition) is 6. The summed E-state index contributed by atoms with van der Waals surface area (Å²) in [7, 11) is 3.03. The molecule has 0 aliphatic carbocycles. The maximum absolute atomic E-state index is 12.4. The first-order valence-electron chi connectivity index (χ1n) is 9.96. The Bertz CT molecular complexity index is 1170. The van der Waals surface area contributed by atoms with Crippen molar-refractivity contribution in [1.29, 1.82) is 0 Å². The van der Waals surface area contributed by atoms with Crippen molar-refractivity contribution in [2.75, 3.05) is 31.5 Å². The fraction of sp³-hybridized carbons (Fsp3) is 0.174. The molecule has 10 nitrogen and oxygen atoms in total. The van der Waals surface area contributed by atoms with Gasteiger partial charge in [0.25, 0.3) is 5.91 Å². The van der Waals surface area contributed by atoms with Crippen molar-refractivity contribution in [3.05, 3.63) is 59.9 Å². The van der Waals surface area contributed by atoms with Crippen LogP contribution in [0.3, 0.4) is 0 Å². The number of nitrogens with one attached hydrogen (secondary N) is 3. The highest BCUT2D eigenvalue weighted by Crippen LogP contribution is 2.31. The topological polar surface area (TPSA) is 145 Å². The minimum Gasteiger partial charge on any atom is -0.493 e. The van der Waals surface area contributed by atoms with E-state index in [0.29, 0.717) is 34.0 Å². The third-order valence-corrected chi connectivity index (χ3v) is 4.69. The Balaban J connectivity index is 1.77. The van der Waals surface area contributed by atoms with Crippen molar-refractivity contribution >= 4 is 29.3 Å². The van der Waals surface area contributed by atoms with E-state index in [1.54, 1.807) is 49.4 Å². The number of amides is 3. The number of benzene rings is 2. The summed E-state index contributed by atoms with van der Waals surface area (Å²) in [5, 5.41) is 5.42. The quantitative estimate of drug-likeness (QED) is 0.384. The molecule has 33 heavy (non-hydrogen) atoms. The summed E-state index contributed by atoms with van der Waals surface area (Å²) in [6.07, 6.45) is 1.39. The molecule has 0 atom stereocenters. The monoisotopic (exact) mass is 452 g/mol. The molecule has 3 amide bonds. The van der Waals surface area contributed by atoms with E-state index < -0.39 is 17.9 Å². The Morgan fingerprint density at radius 1 is 0.939 bits per heavy atom. The predicted octanol–water partition coefficient (Wildman–Crippen LogP) is 3.62. The highest BCUT2D eigenvalue weighted by molar-refractivity contribution is 6.07. The molecule has 10 heteroatoms. The van der Waals surface area contributed by atoms with Crippen molar-refractivity contribution in [1.82, 2.24) is 4.98 Å². The number of aromatic nitrogens is 1. The van der Waals surface area contributed by atoms with Gasteiger partial charge in [-0.05, 0) is 36.8 Å². The van der Waals surface area contributed by atoms with E-state index >= 15 is 0 Å². The SMILES string of the molecule is CCOC(=O)c1c[nH]c(C(N)=O)c1-c1ccc(NC(=O)Nc2ccc(OC)c(OC)c2)cc1. The van der Waals surface area contributed by atoms with Crippen molar-refractivity contribution < 1.29 is 28.6 Å². The molecule has 5 N–H and O–H groups in total. The second-order valence-electron chi connectivity index (χ2n) is 6.76. The number of carbonyl (C=O) groups excluding carboxylic acids is 3. The molecule has 0 spiro atoms. The highest BCUT2D eigenvalue weighted by atomic mass is 16.5. The van der Waals surface area contributed by atoms with Gasteiger partial charge < -0.3 is 35.6 Å². The van der Waals surface area contributed by atoms with Crippen LogP contribution < -0.4 is 25.8 Å². The predicted molar refractivity (Wildman–Crippen MR) is 123 cm³/mol. The molecule has 0 saturated carbocycles. The summed E-state index contributed by atoms with van der Waals surface area (Å²) >= 11 is 0. The maximum Gasteiger partial charge on any atom is 0.340 e. The number of carbonyl (C=O) groups is 3. The van der Waals surface area contributed by atoms with Gasteiger partial charge in [0.05, 0.1) is 26.4 Å². The Hall–Kier alpha value is -4.47. The summed E-state index contributed by atoms with van der Waals surface area (Å²) < 4.78 is 15.5. The number of methoxy groups -OCH3 is 2. The number of primary amides is 1. The first kappa shape index (κ1) is 23.2. The van der Waals surface area contributed by atoms with Gasteiger partial charge in [0, 0.05) is 29.2 Å². The molecule has 3 aromatic rings. The van der Waals surface area contributed by atoms with Crippen molar-refractivity contribution in [2.45, 2.75) is 6.92 Å². The average Bonchev–Trinajstić information content (AvgIpc) is 3.25. The zero-order valence-corrected chi connectivity index (χ0v) is 18.4. The standard InChI is InChI=1S/C23H24N4O6/c1-4-33-22(29)16-12-25-20(21(24)28)19(16)13-5-7-14(8-6-13)26-23(30)27-15-9-10-17(31-2)18(11-15)32-3/h5-12,25H,4H2,1-3H3,(H2,24,28)(H2,26,27,30). The van der Waals surface area contributed by atoms with Gasteiger partial charge >= 0.3 is 12.0 Å². The average molecular weight is 452 g/mol. The van der Waals surface area contributed by atoms with Crippen LogP contribution in [0.25, 0.3) is 11.1 Å². The van der Waals surface area contributed by atoms with Gasteiger partial charge in [-0.3, -0.25) is 4.79 Å². The highest BCUT2D eigenvalue weighted by Gasteiger charge is 2.22. The molecule has 0 bridgehead atoms. The Kier molecular flexibility index (Phi) is 7.19. The molecule has 172 valence electrons. The summed E-state index contributed by atoms with van der Waals surface area (Å²) in [6, 6.07) is 11.1. The molecule has 0 radical (unpaired) electrons. The number of rotatable bonds is 8. The van der Waals surface area contributed by atoms with Gasteiger partial charge in [0.15, 0.2) is 11.5 Å². The third kappa shape index (κ3) is 5.24. The lowest BCUT2D eigenvalue weighted by molar-refractivity contribution is 0.0527. The molecule has 0 saturated heterocycles. The van der Waals surface area contributed by atoms with E-state index in [1.165, 1.54) is 20.4 Å². The molecular formula is C23H24N4O6. The Morgan fingerprint density at radius 3 is 2.18 bits per heavy atom. The van der Waals surface area contributed by atoms with Gasteiger partial charge in [0.2, 0.25) is 0 Å². The van der Waals surface area contributed by atoms with E-state index in [-0.39, 0.29) is 17.9 Å². The zero-order valence-electron chi connectivity index (χ0n) is 18.4. The lowest BCUT2D eigenvalue weighted by atomic mass is 10.0. The summed E-state index contributed by atoms with van der Waals surface area (Å²) in [5.41, 5.74) is 7.62. The Labute approximate surface area is 190 Å². The molecule has 0 aliphatic rings. The molecule has 2 aromatic carbocycles. The van der Waals surface area contributed by atoms with Crippen LogP contribution in [-0.4, -0.2) is 43.7 Å². The lowest BCUT2D eigenvalue weighted by Crippen LogP contribution is -2.19. The minimum atomic E-state index is -0.711. The summed E-state index contributed by atoms with van der Waals surface area (Å²) in [4.78, 5) is 39.2. The second kappa shape index (κ2) is 10.2. The molecule has 1 aromatic heterocycles. The lowest BCUT2D eigenvalue weighted by Gasteiger charge is -2.12. The van der Waals surface area contributed by atoms with E-state index in [0.717, 1.165) is 0 Å². The van der Waals surface area contributed by atoms with Gasteiger partial charge in [0.1, 0.15) is 5.69 Å². The first-order chi connectivity index (χ1) is 15.9. The number of esters is 1. The van der Waals surface area contributed by atoms with E-state index in [9.17, 15) is 14.4 Å². The van der Waals surface area contributed by atoms with Crippen LogP contribution in [0.15, 0.2) is 48.7 Å². The van der Waals surface area contributed by atoms with E-state index in [1.807, 2.05) is 0 Å². The number of anilines is 2. The molecular weight excluding hydrogens is 428 g/mol.